The third-order valence-electron chi connectivity index (χ3n) is 4.27. The lowest BCUT2D eigenvalue weighted by atomic mass is 10.1. The number of aromatic nitrogens is 2. The minimum Gasteiger partial charge on any atom is -0.348 e. The summed E-state index contributed by atoms with van der Waals surface area (Å²) in [6.45, 7) is 5.65. The summed E-state index contributed by atoms with van der Waals surface area (Å²) >= 11 is 1.67. The van der Waals surface area contributed by atoms with E-state index < -0.39 is 0 Å². The van der Waals surface area contributed by atoms with Gasteiger partial charge in [0.1, 0.15) is 5.01 Å². The molecule has 0 atom stereocenters. The van der Waals surface area contributed by atoms with Crippen LogP contribution < -0.4 is 0 Å². The number of allylic oxidation sites excluding steroid dienone is 1. The Morgan fingerprint density at radius 3 is 2.37 bits per heavy atom. The molecular weight excluding hydrogens is 356 g/mol. The van der Waals surface area contributed by atoms with Crippen molar-refractivity contribution in [3.05, 3.63) is 65.6 Å². The van der Waals surface area contributed by atoms with Crippen molar-refractivity contribution >= 4 is 17.4 Å². The molecule has 1 fully saturated rings. The topological polar surface area (TPSA) is 44.2 Å². The van der Waals surface area contributed by atoms with Crippen LogP contribution in [0.3, 0.4) is 0 Å². The van der Waals surface area contributed by atoms with Gasteiger partial charge < -0.3 is 9.47 Å². The number of hydrogen-bond acceptors (Lipinski definition) is 5. The van der Waals surface area contributed by atoms with E-state index in [0.717, 1.165) is 51.9 Å². The summed E-state index contributed by atoms with van der Waals surface area (Å²) in [5.41, 5.74) is 5.45. The van der Waals surface area contributed by atoms with Crippen LogP contribution in [0.1, 0.15) is 37.8 Å². The molecule has 1 aromatic carbocycles. The van der Waals surface area contributed by atoms with Gasteiger partial charge >= 0.3 is 0 Å². The Hall–Kier alpha value is -2.34. The van der Waals surface area contributed by atoms with Crippen LogP contribution in [-0.2, 0) is 9.47 Å². The number of hydrogen-bond donors (Lipinski definition) is 0. The third kappa shape index (κ3) is 4.33. The predicted octanol–water partition coefficient (Wildman–Crippen LogP) is 5.73. The molecular formula is C22H22N2O2S. The molecule has 1 aliphatic rings. The Morgan fingerprint density at radius 2 is 1.70 bits per heavy atom. The van der Waals surface area contributed by atoms with Gasteiger partial charge in [-0.25, -0.2) is 4.98 Å². The molecule has 27 heavy (non-hydrogen) atoms. The molecule has 5 heteroatoms. The number of pyridine rings is 1. The van der Waals surface area contributed by atoms with Crippen LogP contribution in [0.15, 0.2) is 54.4 Å². The van der Waals surface area contributed by atoms with Crippen LogP contribution in [0.25, 0.3) is 27.1 Å². The second-order valence-corrected chi connectivity index (χ2v) is 7.80. The van der Waals surface area contributed by atoms with Gasteiger partial charge in [-0.05, 0) is 38.5 Å². The first-order valence-electron chi connectivity index (χ1n) is 9.10. The van der Waals surface area contributed by atoms with Gasteiger partial charge in [-0.15, -0.1) is 11.3 Å². The van der Waals surface area contributed by atoms with E-state index in [4.69, 9.17) is 9.47 Å². The largest absolute Gasteiger partial charge is 0.348 e. The zero-order chi connectivity index (χ0) is 18.6. The van der Waals surface area contributed by atoms with Gasteiger partial charge in [0.15, 0.2) is 6.29 Å². The maximum absolute atomic E-state index is 5.66. The molecule has 0 aliphatic carbocycles. The third-order valence-corrected chi connectivity index (χ3v) is 5.37. The number of thiazole rings is 1. The molecule has 1 saturated heterocycles. The van der Waals surface area contributed by atoms with Gasteiger partial charge in [0.2, 0.25) is 0 Å². The highest BCUT2D eigenvalue weighted by atomic mass is 32.1. The van der Waals surface area contributed by atoms with Crippen molar-refractivity contribution < 1.29 is 9.47 Å². The van der Waals surface area contributed by atoms with Crippen molar-refractivity contribution in [2.75, 3.05) is 13.2 Å². The number of rotatable bonds is 4. The van der Waals surface area contributed by atoms with Crippen molar-refractivity contribution in [3.8, 4) is 21.0 Å². The fourth-order valence-corrected chi connectivity index (χ4v) is 3.85. The lowest BCUT2D eigenvalue weighted by Gasteiger charge is -2.23. The SMILES string of the molecule is CC(C)=Cc1ccc(-c2cnc(-c3ccc(C4OCCCO4)cc3)s2)cn1. The molecule has 0 N–H and O–H groups in total. The minimum absolute atomic E-state index is 0.245. The second kappa shape index (κ2) is 8.13. The highest BCUT2D eigenvalue weighted by molar-refractivity contribution is 7.18. The molecule has 1 aliphatic heterocycles. The predicted molar refractivity (Wildman–Crippen MR) is 109 cm³/mol. The summed E-state index contributed by atoms with van der Waals surface area (Å²) in [7, 11) is 0. The average molecular weight is 378 g/mol. The van der Waals surface area contributed by atoms with Crippen molar-refractivity contribution in [1.29, 1.82) is 0 Å². The Kier molecular flexibility index (Phi) is 5.43. The number of benzene rings is 1. The zero-order valence-corrected chi connectivity index (χ0v) is 16.3. The van der Waals surface area contributed by atoms with E-state index in [9.17, 15) is 0 Å². The first kappa shape index (κ1) is 18.0. The second-order valence-electron chi connectivity index (χ2n) is 6.77. The molecule has 2 aromatic heterocycles. The van der Waals surface area contributed by atoms with Crippen LogP contribution in [-0.4, -0.2) is 23.2 Å². The van der Waals surface area contributed by atoms with Crippen LogP contribution in [0.2, 0.25) is 0 Å². The van der Waals surface area contributed by atoms with Crippen LogP contribution >= 0.6 is 11.3 Å². The summed E-state index contributed by atoms with van der Waals surface area (Å²) in [6, 6.07) is 12.4. The van der Waals surface area contributed by atoms with E-state index in [-0.39, 0.29) is 6.29 Å². The maximum Gasteiger partial charge on any atom is 0.183 e. The molecule has 0 bridgehead atoms. The number of nitrogens with zero attached hydrogens (tertiary/aromatic N) is 2. The van der Waals surface area contributed by atoms with E-state index in [1.54, 1.807) is 11.3 Å². The Labute approximate surface area is 163 Å². The van der Waals surface area contributed by atoms with Crippen molar-refractivity contribution in [3.63, 3.8) is 0 Å². The quantitative estimate of drug-likeness (QED) is 0.581. The molecule has 0 amide bonds. The molecule has 0 unspecified atom stereocenters. The Morgan fingerprint density at radius 1 is 0.963 bits per heavy atom. The van der Waals surface area contributed by atoms with E-state index in [0.29, 0.717) is 0 Å². The van der Waals surface area contributed by atoms with E-state index in [1.165, 1.54) is 5.57 Å². The van der Waals surface area contributed by atoms with Gasteiger partial charge in [0.05, 0.1) is 23.8 Å². The average Bonchev–Trinajstić information content (AvgIpc) is 3.19. The summed E-state index contributed by atoms with van der Waals surface area (Å²) in [5, 5.41) is 0.996. The lowest BCUT2D eigenvalue weighted by molar-refractivity contribution is -0.183. The fourth-order valence-electron chi connectivity index (χ4n) is 2.94. The summed E-state index contributed by atoms with van der Waals surface area (Å²) in [6.07, 6.45) is 6.61. The van der Waals surface area contributed by atoms with Crippen molar-refractivity contribution in [1.82, 2.24) is 9.97 Å². The Bertz CT molecular complexity index is 920. The van der Waals surface area contributed by atoms with Crippen LogP contribution in [0.5, 0.6) is 0 Å². The van der Waals surface area contributed by atoms with E-state index in [1.807, 2.05) is 18.5 Å². The van der Waals surface area contributed by atoms with Crippen LogP contribution in [0, 0.1) is 0 Å². The highest BCUT2D eigenvalue weighted by Gasteiger charge is 2.16. The van der Waals surface area contributed by atoms with Crippen LogP contribution in [0.4, 0.5) is 0 Å². The minimum atomic E-state index is -0.245. The molecule has 0 radical (unpaired) electrons. The van der Waals surface area contributed by atoms with Crippen molar-refractivity contribution in [2.45, 2.75) is 26.6 Å². The zero-order valence-electron chi connectivity index (χ0n) is 15.5. The monoisotopic (exact) mass is 378 g/mol. The molecule has 3 heterocycles. The Balaban J connectivity index is 1.51. The first-order valence-corrected chi connectivity index (χ1v) is 9.91. The van der Waals surface area contributed by atoms with Gasteiger partial charge in [-0.2, -0.15) is 0 Å². The molecule has 0 spiro atoms. The molecule has 4 nitrogen and oxygen atoms in total. The van der Waals surface area contributed by atoms with E-state index >= 15 is 0 Å². The smallest absolute Gasteiger partial charge is 0.183 e. The van der Waals surface area contributed by atoms with Crippen molar-refractivity contribution in [2.24, 2.45) is 0 Å². The standard InChI is InChI=1S/C22H22N2O2S/c1-15(2)12-19-9-8-18(13-23-19)20-14-24-21(27-20)16-4-6-17(7-5-16)22-25-10-3-11-26-22/h4-9,12-14,22H,3,10-11H2,1-2H3. The normalized spacial score (nSPS) is 14.9. The first-order chi connectivity index (χ1) is 13.2. The van der Waals surface area contributed by atoms with E-state index in [2.05, 4.69) is 60.2 Å². The molecule has 3 aromatic rings. The molecule has 4 rings (SSSR count). The molecule has 138 valence electrons. The summed E-state index contributed by atoms with van der Waals surface area (Å²) in [4.78, 5) is 10.2. The van der Waals surface area contributed by atoms with Gasteiger partial charge in [-0.1, -0.05) is 29.8 Å². The highest BCUT2D eigenvalue weighted by Crippen LogP contribution is 2.33. The summed E-state index contributed by atoms with van der Waals surface area (Å²) in [5.74, 6) is 0. The lowest BCUT2D eigenvalue weighted by Crippen LogP contribution is -2.17. The maximum atomic E-state index is 5.66. The van der Waals surface area contributed by atoms with Gasteiger partial charge in [0.25, 0.3) is 0 Å². The van der Waals surface area contributed by atoms with Gasteiger partial charge in [0, 0.05) is 29.1 Å². The fraction of sp³-hybridized carbons (Fsp3) is 0.273. The molecule has 0 saturated carbocycles. The van der Waals surface area contributed by atoms with Gasteiger partial charge in [-0.3, -0.25) is 4.98 Å². The number of ether oxygens (including phenoxy) is 2. The summed E-state index contributed by atoms with van der Waals surface area (Å²) < 4.78 is 11.3.